The van der Waals surface area contributed by atoms with Crippen molar-refractivity contribution < 1.29 is 14.3 Å². The van der Waals surface area contributed by atoms with E-state index in [9.17, 15) is 4.79 Å². The Kier molecular flexibility index (Phi) is 6.86. The van der Waals surface area contributed by atoms with Crippen molar-refractivity contribution in [2.75, 3.05) is 39.3 Å². The van der Waals surface area contributed by atoms with Gasteiger partial charge in [-0.2, -0.15) is 0 Å². The van der Waals surface area contributed by atoms with Crippen molar-refractivity contribution in [1.29, 1.82) is 0 Å². The summed E-state index contributed by atoms with van der Waals surface area (Å²) in [5, 5.41) is 0.498. The van der Waals surface area contributed by atoms with Crippen molar-refractivity contribution in [3.8, 4) is 11.5 Å². The van der Waals surface area contributed by atoms with Crippen LogP contribution in [0.1, 0.15) is 18.9 Å². The van der Waals surface area contributed by atoms with E-state index in [1.54, 1.807) is 14.2 Å². The van der Waals surface area contributed by atoms with Gasteiger partial charge in [-0.3, -0.25) is 9.69 Å². The molecule has 0 bridgehead atoms. The number of thioether (sulfide) groups is 1. The van der Waals surface area contributed by atoms with Crippen LogP contribution in [0.25, 0.3) is 0 Å². The third-order valence-electron chi connectivity index (χ3n) is 4.87. The molecule has 1 atom stereocenters. The Bertz CT molecular complexity index is 827. The van der Waals surface area contributed by atoms with E-state index in [-0.39, 0.29) is 5.91 Å². The van der Waals surface area contributed by atoms with Gasteiger partial charge in [0.2, 0.25) is 5.91 Å². The molecule has 1 amide bonds. The number of likely N-dealkylation sites (N-methyl/N-ethyl adjacent to an activating group) is 1. The Labute approximate surface area is 171 Å². The van der Waals surface area contributed by atoms with E-state index in [1.165, 1.54) is 4.90 Å². The lowest BCUT2D eigenvalue weighted by Crippen LogP contribution is -2.39. The molecule has 0 fully saturated rings. The van der Waals surface area contributed by atoms with Crippen molar-refractivity contribution in [3.05, 3.63) is 48.0 Å². The Balaban J connectivity index is 1.73. The summed E-state index contributed by atoms with van der Waals surface area (Å²) in [4.78, 5) is 18.2. The molecule has 2 aromatic carbocycles. The molecule has 0 saturated carbocycles. The fourth-order valence-electron chi connectivity index (χ4n) is 3.49. The summed E-state index contributed by atoms with van der Waals surface area (Å²) in [6, 6.07) is 14.0. The van der Waals surface area contributed by atoms with E-state index in [4.69, 9.17) is 9.47 Å². The normalized spacial score (nSPS) is 16.5. The fraction of sp³-hybridized carbons (Fsp3) is 0.409. The third kappa shape index (κ3) is 4.62. The molecule has 2 aromatic rings. The van der Waals surface area contributed by atoms with E-state index in [0.717, 1.165) is 30.0 Å². The van der Waals surface area contributed by atoms with Crippen LogP contribution >= 0.6 is 11.8 Å². The number of nitrogens with zero attached hydrogens (tertiary/aromatic N) is 2. The number of anilines is 1. The lowest BCUT2D eigenvalue weighted by molar-refractivity contribution is -0.119. The Hall–Kier alpha value is -2.18. The zero-order chi connectivity index (χ0) is 20.1. The van der Waals surface area contributed by atoms with Gasteiger partial charge in [0.1, 0.15) is 0 Å². The van der Waals surface area contributed by atoms with Gasteiger partial charge in [-0.1, -0.05) is 31.2 Å². The number of hydrogen-bond acceptors (Lipinski definition) is 5. The van der Waals surface area contributed by atoms with Gasteiger partial charge in [-0.05, 0) is 31.7 Å². The second-order valence-corrected chi connectivity index (χ2v) is 8.54. The van der Waals surface area contributed by atoms with Crippen LogP contribution in [0.15, 0.2) is 47.4 Å². The number of amides is 1. The highest BCUT2D eigenvalue weighted by molar-refractivity contribution is 8.00. The standard InChI is InChI=1S/C22H28N2O3S/c1-16-12-13-24(18-9-5-6-11-20(18)28-16)21(25)15-23(2)14-17-8-7-10-19(26-3)22(17)27-4/h5-11,16H,12-15H2,1-4H3/t16-/m0/s1. The van der Waals surface area contributed by atoms with E-state index in [2.05, 4.69) is 13.0 Å². The van der Waals surface area contributed by atoms with Crippen molar-refractivity contribution in [2.24, 2.45) is 0 Å². The van der Waals surface area contributed by atoms with Crippen molar-refractivity contribution in [3.63, 3.8) is 0 Å². The predicted molar refractivity (Wildman–Crippen MR) is 115 cm³/mol. The predicted octanol–water partition coefficient (Wildman–Crippen LogP) is 4.05. The zero-order valence-electron chi connectivity index (χ0n) is 17.0. The highest BCUT2D eigenvalue weighted by Crippen LogP contribution is 2.37. The first-order valence-corrected chi connectivity index (χ1v) is 10.4. The Morgan fingerprint density at radius 2 is 1.96 bits per heavy atom. The van der Waals surface area contributed by atoms with Crippen LogP contribution in [0.4, 0.5) is 5.69 Å². The molecule has 1 aliphatic heterocycles. The summed E-state index contributed by atoms with van der Waals surface area (Å²) < 4.78 is 10.9. The minimum absolute atomic E-state index is 0.117. The number of hydrogen-bond donors (Lipinski definition) is 0. The SMILES string of the molecule is COc1cccc(CN(C)CC(=O)N2CC[C@H](C)Sc3ccccc32)c1OC. The van der Waals surface area contributed by atoms with Gasteiger partial charge < -0.3 is 14.4 Å². The largest absolute Gasteiger partial charge is 0.493 e. The fourth-order valence-corrected chi connectivity index (χ4v) is 4.60. The molecule has 0 saturated heterocycles. The summed E-state index contributed by atoms with van der Waals surface area (Å²) in [5.41, 5.74) is 2.02. The topological polar surface area (TPSA) is 42.0 Å². The van der Waals surface area contributed by atoms with Crippen LogP contribution in [0.2, 0.25) is 0 Å². The van der Waals surface area contributed by atoms with Gasteiger partial charge in [0.15, 0.2) is 11.5 Å². The molecule has 1 heterocycles. The average Bonchev–Trinajstić information content (AvgIpc) is 2.85. The maximum absolute atomic E-state index is 13.1. The van der Waals surface area contributed by atoms with E-state index in [0.29, 0.717) is 24.1 Å². The molecule has 28 heavy (non-hydrogen) atoms. The highest BCUT2D eigenvalue weighted by Gasteiger charge is 2.25. The van der Waals surface area contributed by atoms with Crippen LogP contribution in [0.5, 0.6) is 11.5 Å². The Morgan fingerprint density at radius 3 is 2.71 bits per heavy atom. The summed E-state index contributed by atoms with van der Waals surface area (Å²) in [6.45, 7) is 3.91. The summed E-state index contributed by atoms with van der Waals surface area (Å²) in [5.74, 6) is 1.54. The summed E-state index contributed by atoms with van der Waals surface area (Å²) in [6.07, 6.45) is 0.985. The number of benzene rings is 2. The van der Waals surface area contributed by atoms with Gasteiger partial charge in [0.25, 0.3) is 0 Å². The van der Waals surface area contributed by atoms with Crippen LogP contribution in [0.3, 0.4) is 0 Å². The highest BCUT2D eigenvalue weighted by atomic mass is 32.2. The van der Waals surface area contributed by atoms with E-state index >= 15 is 0 Å². The maximum Gasteiger partial charge on any atom is 0.241 e. The van der Waals surface area contributed by atoms with Gasteiger partial charge >= 0.3 is 0 Å². The van der Waals surface area contributed by atoms with Crippen molar-refractivity contribution >= 4 is 23.4 Å². The molecule has 0 radical (unpaired) electrons. The minimum Gasteiger partial charge on any atom is -0.493 e. The summed E-state index contributed by atoms with van der Waals surface area (Å²) >= 11 is 1.85. The number of carbonyl (C=O) groups excluding carboxylic acids is 1. The van der Waals surface area contributed by atoms with Crippen LogP contribution in [0, 0.1) is 0 Å². The first kappa shape index (κ1) is 20.6. The van der Waals surface area contributed by atoms with Crippen molar-refractivity contribution in [1.82, 2.24) is 4.90 Å². The second-order valence-electron chi connectivity index (χ2n) is 7.06. The molecule has 3 rings (SSSR count). The van der Waals surface area contributed by atoms with Crippen LogP contribution < -0.4 is 14.4 Å². The number of rotatable bonds is 6. The number of fused-ring (bicyclic) bond motifs is 1. The molecular formula is C22H28N2O3S. The number of methoxy groups -OCH3 is 2. The average molecular weight is 401 g/mol. The summed E-state index contributed by atoms with van der Waals surface area (Å²) in [7, 11) is 5.22. The first-order valence-electron chi connectivity index (χ1n) is 9.48. The molecule has 0 N–H and O–H groups in total. The molecule has 0 spiro atoms. The minimum atomic E-state index is 0.117. The number of carbonyl (C=O) groups is 1. The van der Waals surface area contributed by atoms with E-state index in [1.807, 2.05) is 65.0 Å². The lowest BCUT2D eigenvalue weighted by atomic mass is 10.1. The van der Waals surface area contributed by atoms with Crippen LogP contribution in [-0.4, -0.2) is 50.4 Å². The van der Waals surface area contributed by atoms with Crippen LogP contribution in [-0.2, 0) is 11.3 Å². The molecule has 6 heteroatoms. The third-order valence-corrected chi connectivity index (χ3v) is 6.11. The molecule has 5 nitrogen and oxygen atoms in total. The first-order chi connectivity index (χ1) is 13.5. The van der Waals surface area contributed by atoms with Gasteiger partial charge in [0, 0.05) is 28.8 Å². The molecule has 0 unspecified atom stereocenters. The van der Waals surface area contributed by atoms with Gasteiger partial charge in [-0.25, -0.2) is 0 Å². The smallest absolute Gasteiger partial charge is 0.241 e. The molecule has 0 aliphatic carbocycles. The molecule has 0 aromatic heterocycles. The molecule has 150 valence electrons. The monoisotopic (exact) mass is 400 g/mol. The zero-order valence-corrected chi connectivity index (χ0v) is 17.8. The quantitative estimate of drug-likeness (QED) is 0.732. The maximum atomic E-state index is 13.1. The van der Waals surface area contributed by atoms with E-state index < -0.39 is 0 Å². The molecule has 1 aliphatic rings. The number of para-hydroxylation sites is 2. The van der Waals surface area contributed by atoms with Gasteiger partial charge in [-0.15, -0.1) is 11.8 Å². The van der Waals surface area contributed by atoms with Gasteiger partial charge in [0.05, 0.1) is 26.5 Å². The molecular weight excluding hydrogens is 372 g/mol. The lowest BCUT2D eigenvalue weighted by Gasteiger charge is -2.26. The second kappa shape index (κ2) is 9.34. The Morgan fingerprint density at radius 1 is 1.18 bits per heavy atom. The number of ether oxygens (including phenoxy) is 2. The van der Waals surface area contributed by atoms with Crippen molar-refractivity contribution in [2.45, 2.75) is 30.0 Å².